The van der Waals surface area contributed by atoms with Crippen LogP contribution in [0.15, 0.2) is 0 Å². The van der Waals surface area contributed by atoms with Crippen molar-refractivity contribution in [2.45, 2.75) is 64.6 Å². The van der Waals surface area contributed by atoms with Gasteiger partial charge in [0.15, 0.2) is 5.82 Å². The average molecular weight is 280 g/mol. The lowest BCUT2D eigenvalue weighted by atomic mass is 9.84. The molecular formula is C14H28N6. The number of rotatable bonds is 7. The van der Waals surface area contributed by atoms with Gasteiger partial charge in [0.05, 0.1) is 6.54 Å². The van der Waals surface area contributed by atoms with Crippen LogP contribution >= 0.6 is 0 Å². The Balaban J connectivity index is 1.96. The SMILES string of the molecule is CCCCn1nnnc1CN(C)C1CCCCC1CN. The molecule has 1 aliphatic rings. The Morgan fingerprint density at radius 1 is 1.35 bits per heavy atom. The van der Waals surface area contributed by atoms with E-state index in [1.807, 2.05) is 4.68 Å². The third kappa shape index (κ3) is 3.76. The molecule has 1 aliphatic carbocycles. The Bertz CT molecular complexity index is 391. The van der Waals surface area contributed by atoms with E-state index in [0.29, 0.717) is 12.0 Å². The van der Waals surface area contributed by atoms with Crippen molar-refractivity contribution in [3.05, 3.63) is 5.82 Å². The molecule has 6 nitrogen and oxygen atoms in total. The van der Waals surface area contributed by atoms with Crippen LogP contribution in [0.5, 0.6) is 0 Å². The number of aryl methyl sites for hydroxylation is 1. The zero-order chi connectivity index (χ0) is 14.4. The van der Waals surface area contributed by atoms with Crippen LogP contribution in [0, 0.1) is 5.92 Å². The summed E-state index contributed by atoms with van der Waals surface area (Å²) in [6, 6.07) is 0.574. The Labute approximate surface area is 121 Å². The number of aromatic nitrogens is 4. The zero-order valence-electron chi connectivity index (χ0n) is 12.8. The predicted octanol–water partition coefficient (Wildman–Crippen LogP) is 1.42. The third-order valence-electron chi connectivity index (χ3n) is 4.46. The van der Waals surface area contributed by atoms with E-state index in [9.17, 15) is 0 Å². The molecule has 0 aromatic carbocycles. The van der Waals surface area contributed by atoms with Gasteiger partial charge < -0.3 is 5.73 Å². The normalized spacial score (nSPS) is 23.4. The monoisotopic (exact) mass is 280 g/mol. The standard InChI is InChI=1S/C14H28N6/c1-3-4-9-20-14(16-17-18-20)11-19(2)13-8-6-5-7-12(13)10-15/h12-13H,3-11,15H2,1-2H3. The fourth-order valence-electron chi connectivity index (χ4n) is 3.20. The minimum Gasteiger partial charge on any atom is -0.330 e. The minimum atomic E-state index is 0.574. The van der Waals surface area contributed by atoms with Gasteiger partial charge >= 0.3 is 0 Å². The van der Waals surface area contributed by atoms with Crippen molar-refractivity contribution in [1.29, 1.82) is 0 Å². The molecule has 6 heteroatoms. The average Bonchev–Trinajstić information content (AvgIpc) is 2.92. The summed E-state index contributed by atoms with van der Waals surface area (Å²) in [4.78, 5) is 2.39. The van der Waals surface area contributed by atoms with Crippen molar-refractivity contribution in [2.75, 3.05) is 13.6 Å². The van der Waals surface area contributed by atoms with Crippen molar-refractivity contribution in [1.82, 2.24) is 25.1 Å². The van der Waals surface area contributed by atoms with Crippen LogP contribution in [0.1, 0.15) is 51.3 Å². The molecular weight excluding hydrogens is 252 g/mol. The number of hydrogen-bond donors (Lipinski definition) is 1. The summed E-state index contributed by atoms with van der Waals surface area (Å²) in [6.07, 6.45) is 7.41. The van der Waals surface area contributed by atoms with Crippen molar-refractivity contribution >= 4 is 0 Å². The molecule has 1 heterocycles. The maximum absolute atomic E-state index is 5.93. The summed E-state index contributed by atoms with van der Waals surface area (Å²) in [7, 11) is 2.18. The molecule has 114 valence electrons. The fourth-order valence-corrected chi connectivity index (χ4v) is 3.20. The van der Waals surface area contributed by atoms with Crippen LogP contribution in [0.25, 0.3) is 0 Å². The molecule has 0 spiro atoms. The second kappa shape index (κ2) is 7.69. The van der Waals surface area contributed by atoms with E-state index in [0.717, 1.165) is 38.3 Å². The lowest BCUT2D eigenvalue weighted by Gasteiger charge is -2.37. The van der Waals surface area contributed by atoms with Crippen LogP contribution in [-0.4, -0.2) is 44.7 Å². The summed E-state index contributed by atoms with van der Waals surface area (Å²) in [6.45, 7) is 4.70. The van der Waals surface area contributed by atoms with E-state index in [4.69, 9.17) is 5.73 Å². The Kier molecular flexibility index (Phi) is 5.91. The van der Waals surface area contributed by atoms with Gasteiger partial charge in [-0.05, 0) is 49.2 Å². The molecule has 1 aromatic rings. The molecule has 0 saturated heterocycles. The van der Waals surface area contributed by atoms with E-state index < -0.39 is 0 Å². The Hall–Kier alpha value is -1.01. The predicted molar refractivity (Wildman–Crippen MR) is 79.0 cm³/mol. The van der Waals surface area contributed by atoms with Gasteiger partial charge in [0.25, 0.3) is 0 Å². The lowest BCUT2D eigenvalue weighted by molar-refractivity contribution is 0.123. The molecule has 0 aliphatic heterocycles. The highest BCUT2D eigenvalue weighted by Crippen LogP contribution is 2.27. The number of tetrazole rings is 1. The second-order valence-corrected chi connectivity index (χ2v) is 5.93. The Morgan fingerprint density at radius 2 is 2.15 bits per heavy atom. The lowest BCUT2D eigenvalue weighted by Crippen LogP contribution is -2.43. The molecule has 0 radical (unpaired) electrons. The van der Waals surface area contributed by atoms with Crippen molar-refractivity contribution in [3.63, 3.8) is 0 Å². The summed E-state index contributed by atoms with van der Waals surface area (Å²) in [5.74, 6) is 1.59. The number of nitrogens with zero attached hydrogens (tertiary/aromatic N) is 5. The smallest absolute Gasteiger partial charge is 0.165 e. The van der Waals surface area contributed by atoms with E-state index in [1.54, 1.807) is 0 Å². The van der Waals surface area contributed by atoms with E-state index >= 15 is 0 Å². The van der Waals surface area contributed by atoms with Crippen molar-refractivity contribution in [3.8, 4) is 0 Å². The number of hydrogen-bond acceptors (Lipinski definition) is 5. The second-order valence-electron chi connectivity index (χ2n) is 5.93. The highest BCUT2D eigenvalue weighted by atomic mass is 15.5. The molecule has 2 N–H and O–H groups in total. The van der Waals surface area contributed by atoms with Crippen LogP contribution in [0.3, 0.4) is 0 Å². The van der Waals surface area contributed by atoms with Gasteiger partial charge in [-0.25, -0.2) is 4.68 Å². The summed E-state index contributed by atoms with van der Waals surface area (Å²) in [5, 5.41) is 12.1. The first-order valence-electron chi connectivity index (χ1n) is 7.91. The van der Waals surface area contributed by atoms with E-state index in [2.05, 4.69) is 34.4 Å². The first-order valence-corrected chi connectivity index (χ1v) is 7.91. The highest BCUT2D eigenvalue weighted by molar-refractivity contribution is 4.87. The molecule has 1 saturated carbocycles. The van der Waals surface area contributed by atoms with E-state index in [-0.39, 0.29) is 0 Å². The van der Waals surface area contributed by atoms with Gasteiger partial charge in [-0.1, -0.05) is 26.2 Å². The summed E-state index contributed by atoms with van der Waals surface area (Å²) >= 11 is 0. The van der Waals surface area contributed by atoms with E-state index in [1.165, 1.54) is 25.7 Å². The molecule has 2 rings (SSSR count). The van der Waals surface area contributed by atoms with Crippen molar-refractivity contribution in [2.24, 2.45) is 11.7 Å². The molecule has 1 fully saturated rings. The van der Waals surface area contributed by atoms with Crippen LogP contribution in [-0.2, 0) is 13.1 Å². The summed E-state index contributed by atoms with van der Waals surface area (Å²) < 4.78 is 1.94. The van der Waals surface area contributed by atoms with Crippen LogP contribution in [0.2, 0.25) is 0 Å². The maximum atomic E-state index is 5.93. The largest absolute Gasteiger partial charge is 0.330 e. The first kappa shape index (κ1) is 15.4. The van der Waals surface area contributed by atoms with Crippen LogP contribution in [0.4, 0.5) is 0 Å². The fraction of sp³-hybridized carbons (Fsp3) is 0.929. The maximum Gasteiger partial charge on any atom is 0.165 e. The highest BCUT2D eigenvalue weighted by Gasteiger charge is 2.28. The summed E-state index contributed by atoms with van der Waals surface area (Å²) in [5.41, 5.74) is 5.93. The first-order chi connectivity index (χ1) is 9.76. The van der Waals surface area contributed by atoms with Gasteiger partial charge in [-0.2, -0.15) is 0 Å². The van der Waals surface area contributed by atoms with Gasteiger partial charge in [-0.3, -0.25) is 4.90 Å². The van der Waals surface area contributed by atoms with Crippen molar-refractivity contribution < 1.29 is 0 Å². The molecule has 0 bridgehead atoms. The van der Waals surface area contributed by atoms with Gasteiger partial charge in [-0.15, -0.1) is 5.10 Å². The third-order valence-corrected chi connectivity index (χ3v) is 4.46. The van der Waals surface area contributed by atoms with Gasteiger partial charge in [0.2, 0.25) is 0 Å². The van der Waals surface area contributed by atoms with Crippen LogP contribution < -0.4 is 5.73 Å². The topological polar surface area (TPSA) is 72.9 Å². The number of nitrogens with two attached hydrogens (primary N) is 1. The minimum absolute atomic E-state index is 0.574. The number of unbranched alkanes of at least 4 members (excludes halogenated alkanes) is 1. The molecule has 20 heavy (non-hydrogen) atoms. The quantitative estimate of drug-likeness (QED) is 0.818. The molecule has 2 unspecified atom stereocenters. The molecule has 1 aromatic heterocycles. The molecule has 2 atom stereocenters. The Morgan fingerprint density at radius 3 is 2.90 bits per heavy atom. The zero-order valence-corrected chi connectivity index (χ0v) is 12.8. The molecule has 0 amide bonds. The van der Waals surface area contributed by atoms with Gasteiger partial charge in [0.1, 0.15) is 0 Å². The van der Waals surface area contributed by atoms with Gasteiger partial charge in [0, 0.05) is 12.6 Å².